The summed E-state index contributed by atoms with van der Waals surface area (Å²) in [5.41, 5.74) is 0.872. The molecule has 4 nitrogen and oxygen atoms in total. The lowest BCUT2D eigenvalue weighted by atomic mass is 10.3. The van der Waals surface area contributed by atoms with Gasteiger partial charge >= 0.3 is 0 Å². The highest BCUT2D eigenvalue weighted by Crippen LogP contribution is 1.89. The first-order valence-electron chi connectivity index (χ1n) is 4.90. The zero-order valence-electron chi connectivity index (χ0n) is 8.95. The molecule has 0 aliphatic heterocycles. The standard InChI is InChI=1S/C10H17N3O/c1-4-11-9(3)7-13-10(14)5-8(2)6-12-13/h5-6,9,11H,4,7H2,1-3H3. The zero-order valence-corrected chi connectivity index (χ0v) is 8.95. The molecule has 1 aromatic heterocycles. The number of rotatable bonds is 4. The van der Waals surface area contributed by atoms with Crippen molar-refractivity contribution in [3.05, 3.63) is 28.2 Å². The summed E-state index contributed by atoms with van der Waals surface area (Å²) in [6.07, 6.45) is 1.71. The molecule has 1 rings (SSSR count). The van der Waals surface area contributed by atoms with Crippen LogP contribution >= 0.6 is 0 Å². The minimum atomic E-state index is -0.0326. The number of hydrogen-bond acceptors (Lipinski definition) is 3. The van der Waals surface area contributed by atoms with Crippen molar-refractivity contribution in [2.24, 2.45) is 0 Å². The van der Waals surface area contributed by atoms with Gasteiger partial charge < -0.3 is 5.32 Å². The molecule has 0 fully saturated rings. The quantitative estimate of drug-likeness (QED) is 0.763. The van der Waals surface area contributed by atoms with Crippen LogP contribution in [0.2, 0.25) is 0 Å². The molecule has 0 aliphatic carbocycles. The van der Waals surface area contributed by atoms with Gasteiger partial charge in [-0.05, 0) is 26.0 Å². The Kier molecular flexibility index (Phi) is 3.83. The smallest absolute Gasteiger partial charge is 0.267 e. The Labute approximate surface area is 84.0 Å². The summed E-state index contributed by atoms with van der Waals surface area (Å²) >= 11 is 0. The van der Waals surface area contributed by atoms with Gasteiger partial charge in [0, 0.05) is 12.1 Å². The fourth-order valence-electron chi connectivity index (χ4n) is 1.33. The van der Waals surface area contributed by atoms with Crippen molar-refractivity contribution in [1.29, 1.82) is 0 Å². The van der Waals surface area contributed by atoms with E-state index in [2.05, 4.69) is 10.4 Å². The molecule has 0 saturated heterocycles. The lowest BCUT2D eigenvalue weighted by Crippen LogP contribution is -2.35. The van der Waals surface area contributed by atoms with Crippen LogP contribution in [0.1, 0.15) is 19.4 Å². The third-order valence-electron chi connectivity index (χ3n) is 2.01. The number of hydrogen-bond donors (Lipinski definition) is 1. The van der Waals surface area contributed by atoms with E-state index < -0.39 is 0 Å². The highest BCUT2D eigenvalue weighted by Gasteiger charge is 2.03. The first-order chi connectivity index (χ1) is 6.63. The number of aryl methyl sites for hydroxylation is 1. The van der Waals surface area contributed by atoms with Gasteiger partial charge in [-0.1, -0.05) is 6.92 Å². The van der Waals surface area contributed by atoms with Crippen molar-refractivity contribution in [2.75, 3.05) is 6.54 Å². The Bertz CT molecular complexity index is 345. The third kappa shape index (κ3) is 2.96. The Morgan fingerprint density at radius 3 is 2.93 bits per heavy atom. The van der Waals surface area contributed by atoms with Crippen molar-refractivity contribution in [3.8, 4) is 0 Å². The van der Waals surface area contributed by atoms with E-state index in [9.17, 15) is 4.79 Å². The topological polar surface area (TPSA) is 46.9 Å². The molecule has 0 radical (unpaired) electrons. The summed E-state index contributed by atoms with van der Waals surface area (Å²) in [6.45, 7) is 7.47. The van der Waals surface area contributed by atoms with Gasteiger partial charge in [0.05, 0.1) is 12.7 Å². The molecule has 0 aromatic carbocycles. The van der Waals surface area contributed by atoms with Crippen LogP contribution in [-0.2, 0) is 6.54 Å². The number of aromatic nitrogens is 2. The van der Waals surface area contributed by atoms with Crippen LogP contribution in [0.25, 0.3) is 0 Å². The first-order valence-corrected chi connectivity index (χ1v) is 4.90. The Morgan fingerprint density at radius 2 is 2.36 bits per heavy atom. The van der Waals surface area contributed by atoms with Gasteiger partial charge in [0.25, 0.3) is 5.56 Å². The van der Waals surface area contributed by atoms with E-state index in [0.717, 1.165) is 12.1 Å². The predicted molar refractivity (Wildman–Crippen MR) is 56.4 cm³/mol. The Balaban J connectivity index is 2.72. The second-order valence-electron chi connectivity index (χ2n) is 3.51. The van der Waals surface area contributed by atoms with Gasteiger partial charge in [0.15, 0.2) is 0 Å². The van der Waals surface area contributed by atoms with Gasteiger partial charge in [0.1, 0.15) is 0 Å². The molecule has 1 atom stereocenters. The van der Waals surface area contributed by atoms with Crippen LogP contribution in [0.5, 0.6) is 0 Å². The van der Waals surface area contributed by atoms with Crippen molar-refractivity contribution in [2.45, 2.75) is 33.4 Å². The minimum absolute atomic E-state index is 0.0326. The second-order valence-corrected chi connectivity index (χ2v) is 3.51. The van der Waals surface area contributed by atoms with Gasteiger partial charge in [-0.2, -0.15) is 5.10 Å². The highest BCUT2D eigenvalue weighted by molar-refractivity contribution is 5.02. The van der Waals surface area contributed by atoms with Crippen LogP contribution in [0.3, 0.4) is 0 Å². The molecule has 0 spiro atoms. The normalized spacial score (nSPS) is 12.8. The summed E-state index contributed by atoms with van der Waals surface area (Å²) in [5, 5.41) is 7.30. The fraction of sp³-hybridized carbons (Fsp3) is 0.600. The molecule has 1 aromatic rings. The molecule has 0 saturated carbocycles. The van der Waals surface area contributed by atoms with Crippen molar-refractivity contribution in [1.82, 2.24) is 15.1 Å². The number of nitrogens with zero attached hydrogens (tertiary/aromatic N) is 2. The molecule has 0 amide bonds. The van der Waals surface area contributed by atoms with E-state index in [0.29, 0.717) is 6.54 Å². The van der Waals surface area contributed by atoms with Gasteiger partial charge in [-0.15, -0.1) is 0 Å². The number of nitrogens with one attached hydrogen (secondary N) is 1. The molecule has 14 heavy (non-hydrogen) atoms. The maximum absolute atomic E-state index is 11.5. The van der Waals surface area contributed by atoms with Crippen LogP contribution in [0.4, 0.5) is 0 Å². The highest BCUT2D eigenvalue weighted by atomic mass is 16.1. The summed E-state index contributed by atoms with van der Waals surface area (Å²) in [4.78, 5) is 11.5. The summed E-state index contributed by atoms with van der Waals surface area (Å²) in [7, 11) is 0. The average Bonchev–Trinajstić information content (AvgIpc) is 2.10. The first kappa shape index (κ1) is 10.9. The predicted octanol–water partition coefficient (Wildman–Crippen LogP) is 0.550. The molecule has 1 unspecified atom stereocenters. The average molecular weight is 195 g/mol. The SMILES string of the molecule is CCNC(C)Cn1ncc(C)cc1=O. The van der Waals surface area contributed by atoms with Crippen molar-refractivity contribution in [3.63, 3.8) is 0 Å². The lowest BCUT2D eigenvalue weighted by molar-refractivity contribution is 0.446. The summed E-state index contributed by atoms with van der Waals surface area (Å²) in [5.74, 6) is 0. The molecule has 78 valence electrons. The molecule has 0 aliphatic rings. The molecule has 4 heteroatoms. The summed E-state index contributed by atoms with van der Waals surface area (Å²) in [6, 6.07) is 1.87. The van der Waals surface area contributed by atoms with Crippen LogP contribution in [-0.4, -0.2) is 22.4 Å². The van der Waals surface area contributed by atoms with Crippen LogP contribution in [0.15, 0.2) is 17.1 Å². The van der Waals surface area contributed by atoms with Crippen molar-refractivity contribution >= 4 is 0 Å². The fourth-order valence-corrected chi connectivity index (χ4v) is 1.33. The van der Waals surface area contributed by atoms with E-state index in [-0.39, 0.29) is 11.6 Å². The van der Waals surface area contributed by atoms with E-state index in [1.807, 2.05) is 20.8 Å². The van der Waals surface area contributed by atoms with Crippen LogP contribution < -0.4 is 10.9 Å². The van der Waals surface area contributed by atoms with E-state index in [4.69, 9.17) is 0 Å². The summed E-state index contributed by atoms with van der Waals surface area (Å²) < 4.78 is 1.49. The van der Waals surface area contributed by atoms with E-state index >= 15 is 0 Å². The maximum atomic E-state index is 11.5. The third-order valence-corrected chi connectivity index (χ3v) is 2.01. The molecular formula is C10H17N3O. The monoisotopic (exact) mass is 195 g/mol. The van der Waals surface area contributed by atoms with Crippen LogP contribution in [0, 0.1) is 6.92 Å². The lowest BCUT2D eigenvalue weighted by Gasteiger charge is -2.12. The maximum Gasteiger partial charge on any atom is 0.267 e. The molecule has 0 bridgehead atoms. The molecule has 1 N–H and O–H groups in total. The molecule has 1 heterocycles. The van der Waals surface area contributed by atoms with Gasteiger partial charge in [-0.25, -0.2) is 4.68 Å². The van der Waals surface area contributed by atoms with E-state index in [1.165, 1.54) is 4.68 Å². The van der Waals surface area contributed by atoms with Gasteiger partial charge in [0.2, 0.25) is 0 Å². The Hall–Kier alpha value is -1.16. The minimum Gasteiger partial charge on any atom is -0.313 e. The largest absolute Gasteiger partial charge is 0.313 e. The Morgan fingerprint density at radius 1 is 1.64 bits per heavy atom. The molecular weight excluding hydrogens is 178 g/mol. The zero-order chi connectivity index (χ0) is 10.6. The second kappa shape index (κ2) is 4.91. The van der Waals surface area contributed by atoms with Gasteiger partial charge in [-0.3, -0.25) is 4.79 Å². The number of likely N-dealkylation sites (N-methyl/N-ethyl adjacent to an activating group) is 1. The van der Waals surface area contributed by atoms with Crippen molar-refractivity contribution < 1.29 is 0 Å². The van der Waals surface area contributed by atoms with E-state index in [1.54, 1.807) is 12.3 Å².